The average molecular weight is 260 g/mol. The minimum Gasteiger partial charge on any atom is -0.480 e. The highest BCUT2D eigenvalue weighted by atomic mass is 16.5. The van der Waals surface area contributed by atoms with E-state index in [0.29, 0.717) is 19.7 Å². The second-order valence-electron chi connectivity index (χ2n) is 4.60. The van der Waals surface area contributed by atoms with Crippen molar-refractivity contribution in [3.05, 3.63) is 0 Å². The molecule has 0 aliphatic rings. The van der Waals surface area contributed by atoms with Gasteiger partial charge >= 0.3 is 12.0 Å². The molecule has 0 spiro atoms. The van der Waals surface area contributed by atoms with E-state index >= 15 is 0 Å². The van der Waals surface area contributed by atoms with Crippen LogP contribution in [0.4, 0.5) is 4.79 Å². The summed E-state index contributed by atoms with van der Waals surface area (Å²) in [6.07, 6.45) is 1.70. The Morgan fingerprint density at radius 1 is 1.33 bits per heavy atom. The molecule has 0 saturated carbocycles. The molecule has 0 aromatic carbocycles. The van der Waals surface area contributed by atoms with Crippen LogP contribution in [0.1, 0.15) is 26.7 Å². The Morgan fingerprint density at radius 3 is 2.50 bits per heavy atom. The third-order valence-corrected chi connectivity index (χ3v) is 2.25. The van der Waals surface area contributed by atoms with Gasteiger partial charge in [0.1, 0.15) is 6.54 Å². The molecule has 2 N–H and O–H groups in total. The van der Waals surface area contributed by atoms with Gasteiger partial charge in [0.05, 0.1) is 0 Å². The highest BCUT2D eigenvalue weighted by Gasteiger charge is 2.17. The number of carbonyl (C=O) groups excluding carboxylic acids is 1. The highest BCUT2D eigenvalue weighted by molar-refractivity contribution is 5.80. The van der Waals surface area contributed by atoms with Crippen LogP contribution in [0.25, 0.3) is 0 Å². The van der Waals surface area contributed by atoms with E-state index in [1.807, 2.05) is 13.8 Å². The lowest BCUT2D eigenvalue weighted by Crippen LogP contribution is -2.44. The molecule has 0 atom stereocenters. The maximum atomic E-state index is 11.8. The first-order valence-corrected chi connectivity index (χ1v) is 6.20. The van der Waals surface area contributed by atoms with Gasteiger partial charge in [-0.3, -0.25) is 4.79 Å². The molecule has 6 heteroatoms. The molecule has 0 aliphatic heterocycles. The van der Waals surface area contributed by atoms with Crippen molar-refractivity contribution in [1.29, 1.82) is 0 Å². The van der Waals surface area contributed by atoms with Gasteiger partial charge in [-0.25, -0.2) is 4.79 Å². The fraction of sp³-hybridized carbons (Fsp3) is 0.833. The molecule has 0 aliphatic carbocycles. The fourth-order valence-corrected chi connectivity index (χ4v) is 1.50. The zero-order valence-corrected chi connectivity index (χ0v) is 11.4. The van der Waals surface area contributed by atoms with E-state index in [0.717, 1.165) is 12.8 Å². The van der Waals surface area contributed by atoms with Gasteiger partial charge in [-0.05, 0) is 18.8 Å². The second-order valence-corrected chi connectivity index (χ2v) is 4.60. The predicted octanol–water partition coefficient (Wildman–Crippen LogP) is 1.17. The normalized spacial score (nSPS) is 10.4. The van der Waals surface area contributed by atoms with Crippen molar-refractivity contribution in [1.82, 2.24) is 10.2 Å². The molecular weight excluding hydrogens is 236 g/mol. The molecular formula is C12H24N2O4. The molecule has 106 valence electrons. The molecule has 6 nitrogen and oxygen atoms in total. The van der Waals surface area contributed by atoms with Crippen molar-refractivity contribution in [2.24, 2.45) is 5.92 Å². The van der Waals surface area contributed by atoms with E-state index < -0.39 is 5.97 Å². The minimum atomic E-state index is -0.995. The summed E-state index contributed by atoms with van der Waals surface area (Å²) in [6.45, 7) is 5.27. The smallest absolute Gasteiger partial charge is 0.323 e. The Balaban J connectivity index is 4.00. The quantitative estimate of drug-likeness (QED) is 0.610. The Labute approximate surface area is 108 Å². The summed E-state index contributed by atoms with van der Waals surface area (Å²) < 4.78 is 4.90. The first-order chi connectivity index (χ1) is 8.47. The van der Waals surface area contributed by atoms with Crippen LogP contribution in [-0.4, -0.2) is 55.4 Å². The Bertz CT molecular complexity index is 256. The van der Waals surface area contributed by atoms with E-state index in [1.54, 1.807) is 7.11 Å². The molecule has 0 fully saturated rings. The SMILES string of the molecule is COCCCCNC(=O)N(CC(=O)O)CC(C)C. The largest absolute Gasteiger partial charge is 0.480 e. The van der Waals surface area contributed by atoms with Crippen molar-refractivity contribution in [3.8, 4) is 0 Å². The second kappa shape index (κ2) is 9.70. The molecule has 0 radical (unpaired) electrons. The van der Waals surface area contributed by atoms with Crippen LogP contribution < -0.4 is 5.32 Å². The number of carboxylic acids is 1. The molecule has 0 unspecified atom stereocenters. The van der Waals surface area contributed by atoms with Crippen molar-refractivity contribution in [3.63, 3.8) is 0 Å². The number of amides is 2. The maximum Gasteiger partial charge on any atom is 0.323 e. The summed E-state index contributed by atoms with van der Waals surface area (Å²) >= 11 is 0. The minimum absolute atomic E-state index is 0.239. The first kappa shape index (κ1) is 16.7. The molecule has 2 amide bonds. The van der Waals surface area contributed by atoms with E-state index in [4.69, 9.17) is 9.84 Å². The number of aliphatic carboxylic acids is 1. The van der Waals surface area contributed by atoms with Gasteiger partial charge < -0.3 is 20.1 Å². The zero-order chi connectivity index (χ0) is 14.0. The summed E-state index contributed by atoms with van der Waals surface area (Å²) in [5, 5.41) is 11.5. The third kappa shape index (κ3) is 8.81. The summed E-state index contributed by atoms with van der Waals surface area (Å²) in [5.41, 5.74) is 0. The Hall–Kier alpha value is -1.30. The maximum absolute atomic E-state index is 11.8. The summed E-state index contributed by atoms with van der Waals surface area (Å²) in [5.74, 6) is -0.756. The molecule has 0 heterocycles. The van der Waals surface area contributed by atoms with Crippen LogP contribution in [0.3, 0.4) is 0 Å². The Morgan fingerprint density at radius 2 is 2.00 bits per heavy atom. The number of rotatable bonds is 9. The summed E-state index contributed by atoms with van der Waals surface area (Å²) in [6, 6.07) is -0.316. The van der Waals surface area contributed by atoms with Crippen LogP contribution in [0, 0.1) is 5.92 Å². The average Bonchev–Trinajstić information content (AvgIpc) is 2.26. The molecule has 0 rings (SSSR count). The summed E-state index contributed by atoms with van der Waals surface area (Å²) in [7, 11) is 1.63. The molecule has 0 saturated heterocycles. The lowest BCUT2D eigenvalue weighted by atomic mass is 10.2. The van der Waals surface area contributed by atoms with Crippen LogP contribution in [0.2, 0.25) is 0 Å². The molecule has 0 bridgehead atoms. The van der Waals surface area contributed by atoms with Gasteiger partial charge in [0.15, 0.2) is 0 Å². The first-order valence-electron chi connectivity index (χ1n) is 6.20. The third-order valence-electron chi connectivity index (χ3n) is 2.25. The topological polar surface area (TPSA) is 78.9 Å². The standard InChI is InChI=1S/C12H24N2O4/c1-10(2)8-14(9-11(15)16)12(17)13-6-4-5-7-18-3/h10H,4-9H2,1-3H3,(H,13,17)(H,15,16). The summed E-state index contributed by atoms with van der Waals surface area (Å²) in [4.78, 5) is 23.8. The van der Waals surface area contributed by atoms with Crippen molar-refractivity contribution in [2.75, 3.05) is 33.4 Å². The zero-order valence-electron chi connectivity index (χ0n) is 11.4. The Kier molecular flexibility index (Phi) is 9.00. The van der Waals surface area contributed by atoms with Crippen LogP contribution >= 0.6 is 0 Å². The number of urea groups is 1. The number of nitrogens with zero attached hydrogens (tertiary/aromatic N) is 1. The van der Waals surface area contributed by atoms with Gasteiger partial charge in [0.2, 0.25) is 0 Å². The number of ether oxygens (including phenoxy) is 1. The van der Waals surface area contributed by atoms with E-state index in [-0.39, 0.29) is 18.5 Å². The highest BCUT2D eigenvalue weighted by Crippen LogP contribution is 1.99. The van der Waals surface area contributed by atoms with Gasteiger partial charge in [-0.2, -0.15) is 0 Å². The number of hydrogen-bond acceptors (Lipinski definition) is 3. The van der Waals surface area contributed by atoms with Gasteiger partial charge in [0.25, 0.3) is 0 Å². The molecule has 18 heavy (non-hydrogen) atoms. The van der Waals surface area contributed by atoms with Crippen molar-refractivity contribution >= 4 is 12.0 Å². The number of carbonyl (C=O) groups is 2. The number of unbranched alkanes of at least 4 members (excludes halogenated alkanes) is 1. The van der Waals surface area contributed by atoms with E-state index in [2.05, 4.69) is 5.32 Å². The fourth-order valence-electron chi connectivity index (χ4n) is 1.50. The monoisotopic (exact) mass is 260 g/mol. The molecule has 0 aromatic heterocycles. The van der Waals surface area contributed by atoms with Crippen LogP contribution in [0.15, 0.2) is 0 Å². The lowest BCUT2D eigenvalue weighted by molar-refractivity contribution is -0.137. The van der Waals surface area contributed by atoms with Crippen molar-refractivity contribution < 1.29 is 19.4 Å². The van der Waals surface area contributed by atoms with Gasteiger partial charge in [-0.1, -0.05) is 13.8 Å². The van der Waals surface area contributed by atoms with E-state index in [1.165, 1.54) is 4.90 Å². The van der Waals surface area contributed by atoms with Crippen LogP contribution in [0.5, 0.6) is 0 Å². The number of nitrogens with one attached hydrogen (secondary N) is 1. The lowest BCUT2D eigenvalue weighted by Gasteiger charge is -2.23. The number of methoxy groups -OCH3 is 1. The van der Waals surface area contributed by atoms with Crippen molar-refractivity contribution in [2.45, 2.75) is 26.7 Å². The predicted molar refractivity (Wildman–Crippen MR) is 68.6 cm³/mol. The molecule has 0 aromatic rings. The number of hydrogen-bond donors (Lipinski definition) is 2. The van der Waals surface area contributed by atoms with E-state index in [9.17, 15) is 9.59 Å². The van der Waals surface area contributed by atoms with Gasteiger partial charge in [0, 0.05) is 26.8 Å². The van der Waals surface area contributed by atoms with Gasteiger partial charge in [-0.15, -0.1) is 0 Å². The van der Waals surface area contributed by atoms with Crippen LogP contribution in [-0.2, 0) is 9.53 Å². The number of carboxylic acid groups (broad SMARTS) is 1.